The number of aromatic nitrogens is 3. The number of imidazole rings is 1. The van der Waals surface area contributed by atoms with Gasteiger partial charge in [-0.1, -0.05) is 60.7 Å². The Labute approximate surface area is 245 Å². The molecule has 3 heterocycles. The lowest BCUT2D eigenvalue weighted by molar-refractivity contribution is 0.153. The van der Waals surface area contributed by atoms with Crippen LogP contribution < -0.4 is 5.32 Å². The number of aromatic amines is 1. The number of fused-ring (bicyclic) bond motifs is 3. The van der Waals surface area contributed by atoms with E-state index in [0.29, 0.717) is 0 Å². The van der Waals surface area contributed by atoms with Crippen LogP contribution in [0.25, 0.3) is 21.1 Å². The number of H-pyrrole nitrogens is 1. The van der Waals surface area contributed by atoms with Crippen LogP contribution in [0, 0.1) is 6.92 Å². The molecular weight excluding hydrogens is 522 g/mol. The number of aryl methyl sites for hydroxylation is 2. The third-order valence-electron chi connectivity index (χ3n) is 8.36. The molecule has 1 aliphatic carbocycles. The van der Waals surface area contributed by atoms with E-state index in [4.69, 9.17) is 9.97 Å². The summed E-state index contributed by atoms with van der Waals surface area (Å²) in [6.45, 7) is 5.60. The average molecular weight is 558 g/mol. The Bertz CT molecular complexity index is 1750. The van der Waals surface area contributed by atoms with E-state index in [1.807, 2.05) is 23.6 Å². The number of nitrogens with zero attached hydrogens (tertiary/aromatic N) is 3. The van der Waals surface area contributed by atoms with Crippen LogP contribution in [0.1, 0.15) is 57.5 Å². The van der Waals surface area contributed by atoms with Crippen LogP contribution in [0.3, 0.4) is 0 Å². The molecule has 3 aromatic carbocycles. The Hall–Kier alpha value is -3.84. The number of para-hydroxylation sites is 2. The summed E-state index contributed by atoms with van der Waals surface area (Å²) < 4.78 is 1.37. The number of benzene rings is 3. The van der Waals surface area contributed by atoms with Crippen molar-refractivity contribution in [3.05, 3.63) is 130 Å². The average Bonchev–Trinajstić information content (AvgIpc) is 3.57. The molecule has 1 unspecified atom stereocenters. The first-order valence-electron chi connectivity index (χ1n) is 14.6. The second-order valence-electron chi connectivity index (χ2n) is 11.1. The van der Waals surface area contributed by atoms with Gasteiger partial charge in [-0.3, -0.25) is 9.88 Å². The molecule has 3 aromatic heterocycles. The van der Waals surface area contributed by atoms with Gasteiger partial charge >= 0.3 is 0 Å². The van der Waals surface area contributed by atoms with Gasteiger partial charge in [-0.2, -0.15) is 0 Å². The third-order valence-corrected chi connectivity index (χ3v) is 9.64. The standard InChI is InChI=1S/C35H35N5S/c1-24-28-10-2-5-14-32(28)41-33(24)21-36-20-25-15-17-26(18-16-25)22-40(23-34-38-29-11-3-4-12-30(29)39-34)31-13-6-8-27-9-7-19-37-35(27)31/h2-5,7,9-12,14-19,31,36H,6,8,13,20-23H2,1H3,(H,38,39). The number of hydrogen-bond donors (Lipinski definition) is 2. The maximum absolute atomic E-state index is 4.91. The molecule has 1 atom stereocenters. The summed E-state index contributed by atoms with van der Waals surface area (Å²) in [6.07, 6.45) is 5.35. The van der Waals surface area contributed by atoms with Crippen molar-refractivity contribution in [2.75, 3.05) is 0 Å². The molecular formula is C35H35N5S. The van der Waals surface area contributed by atoms with E-state index in [1.165, 1.54) is 49.3 Å². The summed E-state index contributed by atoms with van der Waals surface area (Å²) in [4.78, 5) is 17.3. The Morgan fingerprint density at radius 2 is 1.73 bits per heavy atom. The van der Waals surface area contributed by atoms with Crippen LogP contribution in [0.2, 0.25) is 0 Å². The third kappa shape index (κ3) is 5.55. The highest BCUT2D eigenvalue weighted by molar-refractivity contribution is 7.19. The minimum absolute atomic E-state index is 0.277. The molecule has 206 valence electrons. The molecule has 6 heteroatoms. The zero-order valence-corrected chi connectivity index (χ0v) is 24.3. The summed E-state index contributed by atoms with van der Waals surface area (Å²) in [5.41, 5.74) is 8.74. The zero-order chi connectivity index (χ0) is 27.6. The van der Waals surface area contributed by atoms with Crippen LogP contribution in [-0.4, -0.2) is 19.9 Å². The normalized spacial score (nSPS) is 15.1. The van der Waals surface area contributed by atoms with Gasteiger partial charge in [0.2, 0.25) is 0 Å². The summed E-state index contributed by atoms with van der Waals surface area (Å²) in [5.74, 6) is 1.01. The van der Waals surface area contributed by atoms with Crippen molar-refractivity contribution < 1.29 is 0 Å². The monoisotopic (exact) mass is 557 g/mol. The van der Waals surface area contributed by atoms with Gasteiger partial charge in [0.05, 0.1) is 29.3 Å². The van der Waals surface area contributed by atoms with E-state index in [1.54, 1.807) is 0 Å². The summed E-state index contributed by atoms with van der Waals surface area (Å²) in [6, 6.07) is 30.7. The molecule has 6 aromatic rings. The zero-order valence-electron chi connectivity index (χ0n) is 23.4. The Morgan fingerprint density at radius 3 is 2.61 bits per heavy atom. The molecule has 7 rings (SSSR count). The lowest BCUT2D eigenvalue weighted by Crippen LogP contribution is -2.31. The van der Waals surface area contributed by atoms with Crippen molar-refractivity contribution in [2.45, 2.75) is 58.4 Å². The molecule has 1 aliphatic rings. The van der Waals surface area contributed by atoms with Gasteiger partial charge in [0, 0.05) is 35.4 Å². The number of rotatable bonds is 9. The van der Waals surface area contributed by atoms with Crippen molar-refractivity contribution in [3.8, 4) is 0 Å². The van der Waals surface area contributed by atoms with Crippen molar-refractivity contribution in [1.82, 2.24) is 25.2 Å². The van der Waals surface area contributed by atoms with Gasteiger partial charge in [0.1, 0.15) is 5.82 Å². The Kier molecular flexibility index (Phi) is 7.36. The van der Waals surface area contributed by atoms with Crippen molar-refractivity contribution >= 4 is 32.5 Å². The maximum Gasteiger partial charge on any atom is 0.121 e. The highest BCUT2D eigenvalue weighted by Gasteiger charge is 2.28. The highest BCUT2D eigenvalue weighted by atomic mass is 32.1. The molecule has 0 fully saturated rings. The molecule has 0 aliphatic heterocycles. The lowest BCUT2D eigenvalue weighted by Gasteiger charge is -2.34. The summed E-state index contributed by atoms with van der Waals surface area (Å²) in [7, 11) is 0. The second-order valence-corrected chi connectivity index (χ2v) is 12.3. The van der Waals surface area contributed by atoms with E-state index in [2.05, 4.69) is 101 Å². The fourth-order valence-corrected chi connectivity index (χ4v) is 7.38. The summed E-state index contributed by atoms with van der Waals surface area (Å²) >= 11 is 1.90. The van der Waals surface area contributed by atoms with Crippen LogP contribution in [0.5, 0.6) is 0 Å². The van der Waals surface area contributed by atoms with E-state index in [-0.39, 0.29) is 6.04 Å². The smallest absolute Gasteiger partial charge is 0.121 e. The van der Waals surface area contributed by atoms with E-state index < -0.39 is 0 Å². The fraction of sp³-hybridized carbons (Fsp3) is 0.257. The van der Waals surface area contributed by atoms with Gasteiger partial charge in [-0.05, 0) is 78.1 Å². The van der Waals surface area contributed by atoms with Crippen LogP contribution in [0.4, 0.5) is 0 Å². The topological polar surface area (TPSA) is 56.8 Å². The number of nitrogens with one attached hydrogen (secondary N) is 2. The number of pyridine rings is 1. The number of thiophene rings is 1. The van der Waals surface area contributed by atoms with Gasteiger partial charge in [0.25, 0.3) is 0 Å². The van der Waals surface area contributed by atoms with Gasteiger partial charge < -0.3 is 10.3 Å². The van der Waals surface area contributed by atoms with Gasteiger partial charge in [-0.15, -0.1) is 11.3 Å². The van der Waals surface area contributed by atoms with Gasteiger partial charge in [0.15, 0.2) is 0 Å². The first-order chi connectivity index (χ1) is 20.2. The molecule has 0 bridgehead atoms. The molecule has 41 heavy (non-hydrogen) atoms. The van der Waals surface area contributed by atoms with Gasteiger partial charge in [-0.25, -0.2) is 4.98 Å². The molecule has 0 saturated carbocycles. The molecule has 0 radical (unpaired) electrons. The Balaban J connectivity index is 1.07. The molecule has 0 amide bonds. The van der Waals surface area contributed by atoms with E-state index >= 15 is 0 Å². The minimum atomic E-state index is 0.277. The largest absolute Gasteiger partial charge is 0.341 e. The van der Waals surface area contributed by atoms with Crippen LogP contribution >= 0.6 is 11.3 Å². The lowest BCUT2D eigenvalue weighted by atomic mass is 9.90. The van der Waals surface area contributed by atoms with E-state index in [9.17, 15) is 0 Å². The van der Waals surface area contributed by atoms with Crippen LogP contribution in [-0.2, 0) is 32.6 Å². The maximum atomic E-state index is 4.91. The molecule has 2 N–H and O–H groups in total. The SMILES string of the molecule is Cc1c(CNCc2ccc(CN(Cc3nc4ccccc4[nH]3)C3CCCc4cccnc43)cc2)sc2ccccc12. The first-order valence-corrected chi connectivity index (χ1v) is 15.4. The molecule has 5 nitrogen and oxygen atoms in total. The highest BCUT2D eigenvalue weighted by Crippen LogP contribution is 2.35. The minimum Gasteiger partial charge on any atom is -0.341 e. The van der Waals surface area contributed by atoms with Crippen molar-refractivity contribution in [1.29, 1.82) is 0 Å². The predicted molar refractivity (Wildman–Crippen MR) is 169 cm³/mol. The number of hydrogen-bond acceptors (Lipinski definition) is 5. The van der Waals surface area contributed by atoms with E-state index in [0.717, 1.165) is 55.9 Å². The molecule has 0 spiro atoms. The van der Waals surface area contributed by atoms with Crippen LogP contribution in [0.15, 0.2) is 91.1 Å². The second kappa shape index (κ2) is 11.6. The Morgan fingerprint density at radius 1 is 0.902 bits per heavy atom. The summed E-state index contributed by atoms with van der Waals surface area (Å²) in [5, 5.41) is 5.04. The first kappa shape index (κ1) is 26.1. The quantitative estimate of drug-likeness (QED) is 0.190. The fourth-order valence-electron chi connectivity index (χ4n) is 6.20. The molecule has 0 saturated heterocycles. The van der Waals surface area contributed by atoms with Crippen molar-refractivity contribution in [3.63, 3.8) is 0 Å². The van der Waals surface area contributed by atoms with Crippen molar-refractivity contribution in [2.24, 2.45) is 0 Å². The predicted octanol–water partition coefficient (Wildman–Crippen LogP) is 7.85.